The molecule has 0 amide bonds. The van der Waals surface area contributed by atoms with Gasteiger partial charge >= 0.3 is 0 Å². The summed E-state index contributed by atoms with van der Waals surface area (Å²) in [5, 5.41) is 22.4. The summed E-state index contributed by atoms with van der Waals surface area (Å²) < 4.78 is 0. The minimum atomic E-state index is -0.0946. The van der Waals surface area contributed by atoms with Gasteiger partial charge in [-0.25, -0.2) is 0 Å². The summed E-state index contributed by atoms with van der Waals surface area (Å²) in [6.07, 6.45) is 4.80. The average molecular weight is 256 g/mol. The van der Waals surface area contributed by atoms with Crippen LogP contribution in [-0.4, -0.2) is 33.8 Å². The first kappa shape index (κ1) is 14.3. The van der Waals surface area contributed by atoms with Crippen molar-refractivity contribution < 1.29 is 10.2 Å². The first-order chi connectivity index (χ1) is 8.20. The maximum Gasteiger partial charge on any atom is 0.141 e. The van der Waals surface area contributed by atoms with Crippen LogP contribution in [-0.2, 0) is 13.2 Å². The quantitative estimate of drug-likeness (QED) is 0.644. The van der Waals surface area contributed by atoms with E-state index in [9.17, 15) is 10.2 Å². The standard InChI is InChI=1S/C12H20N2O2S/c1-9-12(16)11(10(8-15)6-14-9)7-13-4-3-5-17-2/h6,13,15-16H,3-5,7-8H2,1-2H3. The molecule has 1 aromatic rings. The number of rotatable bonds is 7. The van der Waals surface area contributed by atoms with Crippen molar-refractivity contribution in [1.29, 1.82) is 0 Å². The molecule has 0 aliphatic heterocycles. The topological polar surface area (TPSA) is 65.4 Å². The summed E-state index contributed by atoms with van der Waals surface area (Å²) in [5.41, 5.74) is 2.04. The number of nitrogens with zero attached hydrogens (tertiary/aromatic N) is 1. The Kier molecular flexibility index (Phi) is 6.32. The maximum atomic E-state index is 9.89. The van der Waals surface area contributed by atoms with Gasteiger partial charge in [0.05, 0.1) is 12.3 Å². The van der Waals surface area contributed by atoms with E-state index in [1.807, 2.05) is 11.8 Å². The van der Waals surface area contributed by atoms with Crippen molar-refractivity contribution in [2.45, 2.75) is 26.5 Å². The molecular formula is C12H20N2O2S. The van der Waals surface area contributed by atoms with Crippen molar-refractivity contribution in [3.8, 4) is 5.75 Å². The van der Waals surface area contributed by atoms with Gasteiger partial charge in [0, 0.05) is 23.9 Å². The van der Waals surface area contributed by atoms with Crippen molar-refractivity contribution in [2.24, 2.45) is 0 Å². The molecule has 96 valence electrons. The first-order valence-corrected chi connectivity index (χ1v) is 7.07. The van der Waals surface area contributed by atoms with Crippen LogP contribution in [0.3, 0.4) is 0 Å². The molecule has 17 heavy (non-hydrogen) atoms. The van der Waals surface area contributed by atoms with Gasteiger partial charge in [0.1, 0.15) is 5.75 Å². The molecular weight excluding hydrogens is 236 g/mol. The normalized spacial score (nSPS) is 10.8. The molecule has 0 aromatic carbocycles. The molecule has 0 radical (unpaired) electrons. The Labute approximate surface area is 106 Å². The molecule has 0 aliphatic rings. The molecule has 0 unspecified atom stereocenters. The first-order valence-electron chi connectivity index (χ1n) is 5.67. The largest absolute Gasteiger partial charge is 0.506 e. The summed E-state index contributed by atoms with van der Waals surface area (Å²) in [5.74, 6) is 1.32. The fourth-order valence-electron chi connectivity index (χ4n) is 1.57. The third kappa shape index (κ3) is 4.18. The maximum absolute atomic E-state index is 9.89. The number of hydrogen-bond donors (Lipinski definition) is 3. The lowest BCUT2D eigenvalue weighted by molar-refractivity contribution is 0.278. The second kappa shape index (κ2) is 7.53. The zero-order valence-corrected chi connectivity index (χ0v) is 11.2. The van der Waals surface area contributed by atoms with Crippen molar-refractivity contribution in [3.05, 3.63) is 23.0 Å². The molecule has 3 N–H and O–H groups in total. The van der Waals surface area contributed by atoms with Crippen LogP contribution in [0, 0.1) is 6.92 Å². The molecule has 4 nitrogen and oxygen atoms in total. The molecule has 1 rings (SSSR count). The Morgan fingerprint density at radius 1 is 1.47 bits per heavy atom. The third-order valence-corrected chi connectivity index (χ3v) is 3.30. The lowest BCUT2D eigenvalue weighted by Crippen LogP contribution is -2.17. The highest BCUT2D eigenvalue weighted by Crippen LogP contribution is 2.23. The number of aliphatic hydroxyl groups excluding tert-OH is 1. The van der Waals surface area contributed by atoms with E-state index >= 15 is 0 Å². The average Bonchev–Trinajstić information content (AvgIpc) is 2.34. The van der Waals surface area contributed by atoms with Crippen molar-refractivity contribution in [2.75, 3.05) is 18.6 Å². The number of pyridine rings is 1. The molecule has 5 heteroatoms. The predicted molar refractivity (Wildman–Crippen MR) is 71.3 cm³/mol. The minimum absolute atomic E-state index is 0.0946. The van der Waals surface area contributed by atoms with E-state index in [1.54, 1.807) is 13.1 Å². The van der Waals surface area contributed by atoms with Crippen LogP contribution in [0.25, 0.3) is 0 Å². The molecule has 0 bridgehead atoms. The monoisotopic (exact) mass is 256 g/mol. The fraction of sp³-hybridized carbons (Fsp3) is 0.583. The van der Waals surface area contributed by atoms with E-state index in [0.717, 1.165) is 24.3 Å². The summed E-state index contributed by atoms with van der Waals surface area (Å²) in [7, 11) is 0. The third-order valence-electron chi connectivity index (χ3n) is 2.60. The van der Waals surface area contributed by atoms with Crippen molar-refractivity contribution >= 4 is 11.8 Å². The lowest BCUT2D eigenvalue weighted by Gasteiger charge is -2.12. The van der Waals surface area contributed by atoms with Crippen LogP contribution in [0.1, 0.15) is 23.2 Å². The Hall–Kier alpha value is -0.780. The van der Waals surface area contributed by atoms with Gasteiger partial charge < -0.3 is 15.5 Å². The van der Waals surface area contributed by atoms with Crippen LogP contribution in [0.2, 0.25) is 0 Å². The van der Waals surface area contributed by atoms with E-state index in [-0.39, 0.29) is 12.4 Å². The van der Waals surface area contributed by atoms with E-state index in [4.69, 9.17) is 0 Å². The van der Waals surface area contributed by atoms with Gasteiger partial charge in [-0.1, -0.05) is 0 Å². The highest BCUT2D eigenvalue weighted by atomic mass is 32.2. The van der Waals surface area contributed by atoms with Crippen LogP contribution >= 0.6 is 11.8 Å². The van der Waals surface area contributed by atoms with Gasteiger partial charge in [-0.3, -0.25) is 4.98 Å². The SMILES string of the molecule is CSCCCNCc1c(CO)cnc(C)c1O. The minimum Gasteiger partial charge on any atom is -0.506 e. The fourth-order valence-corrected chi connectivity index (χ4v) is 2.01. The van der Waals surface area contributed by atoms with Gasteiger partial charge in [0.2, 0.25) is 0 Å². The number of hydrogen-bond acceptors (Lipinski definition) is 5. The van der Waals surface area contributed by atoms with E-state index < -0.39 is 0 Å². The van der Waals surface area contributed by atoms with Gasteiger partial charge in [-0.2, -0.15) is 11.8 Å². The van der Waals surface area contributed by atoms with E-state index in [2.05, 4.69) is 16.6 Å². The van der Waals surface area contributed by atoms with Crippen molar-refractivity contribution in [3.63, 3.8) is 0 Å². The molecule has 0 saturated heterocycles. The van der Waals surface area contributed by atoms with E-state index in [1.165, 1.54) is 0 Å². The number of aromatic hydroxyl groups is 1. The van der Waals surface area contributed by atoms with Gasteiger partial charge in [-0.15, -0.1) is 0 Å². The molecule has 1 aromatic heterocycles. The molecule has 0 aliphatic carbocycles. The Morgan fingerprint density at radius 3 is 2.88 bits per heavy atom. The second-order valence-corrected chi connectivity index (χ2v) is 4.86. The van der Waals surface area contributed by atoms with Gasteiger partial charge in [-0.05, 0) is 31.9 Å². The van der Waals surface area contributed by atoms with Crippen LogP contribution in [0.4, 0.5) is 0 Å². The predicted octanol–water partition coefficient (Wildman–Crippen LogP) is 1.43. The lowest BCUT2D eigenvalue weighted by atomic mass is 10.1. The highest BCUT2D eigenvalue weighted by molar-refractivity contribution is 7.98. The zero-order chi connectivity index (χ0) is 12.7. The summed E-state index contributed by atoms with van der Waals surface area (Å²) in [4.78, 5) is 4.03. The summed E-state index contributed by atoms with van der Waals surface area (Å²) in [6, 6.07) is 0. The molecule has 1 heterocycles. The molecule has 0 spiro atoms. The number of aryl methyl sites for hydroxylation is 1. The number of aliphatic hydroxyl groups is 1. The smallest absolute Gasteiger partial charge is 0.141 e. The molecule has 0 atom stereocenters. The Bertz CT molecular complexity index is 359. The van der Waals surface area contributed by atoms with Crippen LogP contribution in [0.5, 0.6) is 5.75 Å². The van der Waals surface area contributed by atoms with Crippen LogP contribution in [0.15, 0.2) is 6.20 Å². The highest BCUT2D eigenvalue weighted by Gasteiger charge is 2.10. The van der Waals surface area contributed by atoms with Gasteiger partial charge in [0.25, 0.3) is 0 Å². The summed E-state index contributed by atoms with van der Waals surface area (Å²) in [6.45, 7) is 3.14. The Balaban J connectivity index is 2.59. The number of nitrogens with one attached hydrogen (secondary N) is 1. The molecule has 0 saturated carbocycles. The summed E-state index contributed by atoms with van der Waals surface area (Å²) >= 11 is 1.82. The van der Waals surface area contributed by atoms with E-state index in [0.29, 0.717) is 17.8 Å². The van der Waals surface area contributed by atoms with Gasteiger partial charge in [0.15, 0.2) is 0 Å². The number of thioether (sulfide) groups is 1. The number of aromatic nitrogens is 1. The second-order valence-electron chi connectivity index (χ2n) is 3.88. The Morgan fingerprint density at radius 2 is 2.24 bits per heavy atom. The van der Waals surface area contributed by atoms with Crippen molar-refractivity contribution in [1.82, 2.24) is 10.3 Å². The zero-order valence-electron chi connectivity index (χ0n) is 10.4. The molecule has 0 fully saturated rings. The van der Waals surface area contributed by atoms with Crippen LogP contribution < -0.4 is 5.32 Å².